The van der Waals surface area contributed by atoms with E-state index in [1.807, 2.05) is 56.3 Å². The fourth-order valence-corrected chi connectivity index (χ4v) is 3.14. The molecule has 132 valence electrons. The van der Waals surface area contributed by atoms with Crippen molar-refractivity contribution in [2.24, 2.45) is 5.10 Å². The van der Waals surface area contributed by atoms with Gasteiger partial charge in [-0.05, 0) is 42.5 Å². The van der Waals surface area contributed by atoms with E-state index in [0.29, 0.717) is 0 Å². The van der Waals surface area contributed by atoms with Crippen molar-refractivity contribution < 1.29 is 4.79 Å². The van der Waals surface area contributed by atoms with E-state index in [4.69, 9.17) is 0 Å². The summed E-state index contributed by atoms with van der Waals surface area (Å²) in [5, 5.41) is 4.05. The second-order valence-corrected chi connectivity index (χ2v) is 8.49. The van der Waals surface area contributed by atoms with Crippen LogP contribution in [0.25, 0.3) is 0 Å². The minimum atomic E-state index is -0.206. The zero-order valence-corrected chi connectivity index (χ0v) is 16.4. The van der Waals surface area contributed by atoms with Crippen LogP contribution in [0, 0.1) is 0 Å². The molecule has 0 unspecified atom stereocenters. The van der Waals surface area contributed by atoms with E-state index in [1.165, 1.54) is 17.3 Å². The molecule has 0 aromatic heterocycles. The van der Waals surface area contributed by atoms with Gasteiger partial charge in [-0.3, -0.25) is 4.79 Å². The normalized spacial score (nSPS) is 13.4. The van der Waals surface area contributed by atoms with Gasteiger partial charge in [0.15, 0.2) is 0 Å². The van der Waals surface area contributed by atoms with E-state index in [9.17, 15) is 4.79 Å². The first-order valence-corrected chi connectivity index (χ1v) is 9.32. The summed E-state index contributed by atoms with van der Waals surface area (Å²) in [6.45, 7) is 10.4. The summed E-state index contributed by atoms with van der Waals surface area (Å²) in [5.41, 5.74) is 5.89. The molecule has 25 heavy (non-hydrogen) atoms. The number of amides is 1. The quantitative estimate of drug-likeness (QED) is 0.466. The number of carbonyl (C=O) groups excluding carboxylic acids is 1. The van der Waals surface area contributed by atoms with E-state index >= 15 is 0 Å². The lowest BCUT2D eigenvalue weighted by molar-refractivity contribution is -0.120. The summed E-state index contributed by atoms with van der Waals surface area (Å²) in [6, 6.07) is 18.2. The van der Waals surface area contributed by atoms with E-state index in [2.05, 4.69) is 43.4 Å². The van der Waals surface area contributed by atoms with Crippen molar-refractivity contribution in [3.05, 3.63) is 65.7 Å². The number of thioether (sulfide) groups is 1. The number of carbonyl (C=O) groups is 1. The number of nitrogens with zero attached hydrogens (tertiary/aromatic N) is 1. The summed E-state index contributed by atoms with van der Waals surface area (Å²) < 4.78 is 0. The van der Waals surface area contributed by atoms with Gasteiger partial charge in [0, 0.05) is 4.90 Å². The molecular weight excluding hydrogens is 328 g/mol. The van der Waals surface area contributed by atoms with Crippen LogP contribution >= 0.6 is 11.8 Å². The highest BCUT2D eigenvalue weighted by Gasteiger charge is 2.15. The van der Waals surface area contributed by atoms with Gasteiger partial charge < -0.3 is 0 Å². The number of hydrogen-bond donors (Lipinski definition) is 1. The second kappa shape index (κ2) is 8.34. The van der Waals surface area contributed by atoms with Crippen molar-refractivity contribution in [3.63, 3.8) is 0 Å². The van der Waals surface area contributed by atoms with Crippen molar-refractivity contribution in [1.29, 1.82) is 0 Å². The van der Waals surface area contributed by atoms with Crippen LogP contribution in [0.5, 0.6) is 0 Å². The molecule has 1 amide bonds. The molecule has 0 aliphatic carbocycles. The average Bonchev–Trinajstić information content (AvgIpc) is 2.59. The summed E-state index contributed by atoms with van der Waals surface area (Å²) in [4.78, 5) is 13.3. The second-order valence-electron chi connectivity index (χ2n) is 7.07. The minimum absolute atomic E-state index is 0.0977. The van der Waals surface area contributed by atoms with Crippen LogP contribution in [0.2, 0.25) is 0 Å². The van der Waals surface area contributed by atoms with Crippen molar-refractivity contribution in [2.75, 3.05) is 0 Å². The van der Waals surface area contributed by atoms with Crippen LogP contribution in [0.15, 0.2) is 64.6 Å². The van der Waals surface area contributed by atoms with Crippen LogP contribution in [0.4, 0.5) is 0 Å². The molecule has 4 heteroatoms. The van der Waals surface area contributed by atoms with Crippen molar-refractivity contribution in [1.82, 2.24) is 5.43 Å². The number of hydrogen-bond acceptors (Lipinski definition) is 3. The maximum Gasteiger partial charge on any atom is 0.253 e. The Morgan fingerprint density at radius 1 is 1.04 bits per heavy atom. The van der Waals surface area contributed by atoms with Gasteiger partial charge in [0.05, 0.1) is 11.0 Å². The standard InChI is InChI=1S/C21H26N2OS/c1-15(17-11-13-18(14-12-17)21(3,4)5)22-23-20(24)16(2)25-19-9-7-6-8-10-19/h6-14,16H,1-5H3,(H,23,24)/b22-15-/t16-/m1/s1. The summed E-state index contributed by atoms with van der Waals surface area (Å²) >= 11 is 1.52. The Morgan fingerprint density at radius 2 is 1.64 bits per heavy atom. The predicted molar refractivity (Wildman–Crippen MR) is 107 cm³/mol. The number of benzene rings is 2. The van der Waals surface area contributed by atoms with Gasteiger partial charge in [-0.1, -0.05) is 63.2 Å². The Kier molecular flexibility index (Phi) is 6.43. The van der Waals surface area contributed by atoms with Gasteiger partial charge in [0.25, 0.3) is 5.91 Å². The molecule has 0 aliphatic rings. The third-order valence-corrected chi connectivity index (χ3v) is 5.04. The first kappa shape index (κ1) is 19.3. The highest BCUT2D eigenvalue weighted by molar-refractivity contribution is 8.00. The van der Waals surface area contributed by atoms with Crippen LogP contribution in [0.3, 0.4) is 0 Å². The fraction of sp³-hybridized carbons (Fsp3) is 0.333. The fourth-order valence-electron chi connectivity index (χ4n) is 2.26. The van der Waals surface area contributed by atoms with Crippen LogP contribution in [-0.4, -0.2) is 16.9 Å². The highest BCUT2D eigenvalue weighted by atomic mass is 32.2. The SMILES string of the molecule is C/C(=N/NC(=O)[C@@H](C)Sc1ccccc1)c1ccc(C(C)(C)C)cc1. The van der Waals surface area contributed by atoms with Crippen LogP contribution < -0.4 is 5.43 Å². The van der Waals surface area contributed by atoms with Crippen molar-refractivity contribution in [3.8, 4) is 0 Å². The molecule has 0 saturated heterocycles. The van der Waals surface area contributed by atoms with Gasteiger partial charge in [-0.2, -0.15) is 5.10 Å². The zero-order valence-electron chi connectivity index (χ0n) is 15.5. The lowest BCUT2D eigenvalue weighted by Gasteiger charge is -2.19. The largest absolute Gasteiger partial charge is 0.272 e. The molecule has 0 fully saturated rings. The molecular formula is C21H26N2OS. The number of nitrogens with one attached hydrogen (secondary N) is 1. The maximum atomic E-state index is 12.2. The summed E-state index contributed by atoms with van der Waals surface area (Å²) in [6.07, 6.45) is 0. The Morgan fingerprint density at radius 3 is 2.20 bits per heavy atom. The third kappa shape index (κ3) is 5.75. The predicted octanol–water partition coefficient (Wildman–Crippen LogP) is 5.01. The number of hydrazone groups is 1. The zero-order chi connectivity index (χ0) is 18.4. The maximum absolute atomic E-state index is 12.2. The lowest BCUT2D eigenvalue weighted by atomic mass is 9.86. The van der Waals surface area contributed by atoms with E-state index in [-0.39, 0.29) is 16.6 Å². The highest BCUT2D eigenvalue weighted by Crippen LogP contribution is 2.23. The Hall–Kier alpha value is -2.07. The molecule has 0 saturated carbocycles. The topological polar surface area (TPSA) is 41.5 Å². The van der Waals surface area contributed by atoms with E-state index in [0.717, 1.165) is 16.2 Å². The van der Waals surface area contributed by atoms with Crippen LogP contribution in [0.1, 0.15) is 45.7 Å². The first-order chi connectivity index (χ1) is 11.8. The molecule has 1 atom stereocenters. The van der Waals surface area contributed by atoms with Crippen molar-refractivity contribution in [2.45, 2.75) is 50.2 Å². The van der Waals surface area contributed by atoms with Gasteiger partial charge in [-0.15, -0.1) is 11.8 Å². The monoisotopic (exact) mass is 354 g/mol. The molecule has 0 spiro atoms. The van der Waals surface area contributed by atoms with Gasteiger partial charge >= 0.3 is 0 Å². The van der Waals surface area contributed by atoms with Crippen molar-refractivity contribution >= 4 is 23.4 Å². The Labute approximate surface area is 154 Å². The number of rotatable bonds is 5. The molecule has 2 rings (SSSR count). The Bertz CT molecular complexity index is 731. The molecule has 2 aromatic carbocycles. The van der Waals surface area contributed by atoms with E-state index in [1.54, 1.807) is 0 Å². The smallest absolute Gasteiger partial charge is 0.253 e. The Balaban J connectivity index is 1.96. The first-order valence-electron chi connectivity index (χ1n) is 8.44. The van der Waals surface area contributed by atoms with Crippen LogP contribution in [-0.2, 0) is 10.2 Å². The summed E-state index contributed by atoms with van der Waals surface area (Å²) in [7, 11) is 0. The average molecular weight is 355 g/mol. The van der Waals surface area contributed by atoms with Gasteiger partial charge in [0.2, 0.25) is 0 Å². The molecule has 2 aromatic rings. The molecule has 0 aliphatic heterocycles. The minimum Gasteiger partial charge on any atom is -0.272 e. The molecule has 1 N–H and O–H groups in total. The molecule has 0 bridgehead atoms. The third-order valence-electron chi connectivity index (χ3n) is 3.93. The van der Waals surface area contributed by atoms with Gasteiger partial charge in [0.1, 0.15) is 0 Å². The van der Waals surface area contributed by atoms with Gasteiger partial charge in [-0.25, -0.2) is 5.43 Å². The lowest BCUT2D eigenvalue weighted by Crippen LogP contribution is -2.27. The summed E-state index contributed by atoms with van der Waals surface area (Å²) in [5.74, 6) is -0.0977. The molecule has 3 nitrogen and oxygen atoms in total. The molecule has 0 radical (unpaired) electrons. The molecule has 0 heterocycles. The van der Waals surface area contributed by atoms with E-state index < -0.39 is 0 Å².